The van der Waals surface area contributed by atoms with Crippen LogP contribution in [0.5, 0.6) is 0 Å². The first-order chi connectivity index (χ1) is 8.99. The Morgan fingerprint density at radius 3 is 2.63 bits per heavy atom. The van der Waals surface area contributed by atoms with Crippen molar-refractivity contribution in [2.24, 2.45) is 5.73 Å². The van der Waals surface area contributed by atoms with Gasteiger partial charge in [0.25, 0.3) is 0 Å². The Morgan fingerprint density at radius 1 is 1.37 bits per heavy atom. The molecule has 3 nitrogen and oxygen atoms in total. The van der Waals surface area contributed by atoms with Crippen molar-refractivity contribution in [1.82, 2.24) is 9.80 Å². The van der Waals surface area contributed by atoms with Gasteiger partial charge in [-0.1, -0.05) is 29.8 Å². The molecule has 2 N–H and O–H groups in total. The number of hydrogen-bond donors (Lipinski definition) is 1. The second-order valence-corrected chi connectivity index (χ2v) is 6.12. The molecule has 0 amide bonds. The van der Waals surface area contributed by atoms with Gasteiger partial charge in [-0.15, -0.1) is 0 Å². The highest BCUT2D eigenvalue weighted by Crippen LogP contribution is 2.28. The standard InChI is InChI=1S/C16H27N3/c1-12-6-5-7-14(10-12)16(13(2)17)19-9-8-15(11-19)18(3)4/h5-7,10,13,15-16H,8-9,11,17H2,1-4H3. The molecule has 0 bridgehead atoms. The van der Waals surface area contributed by atoms with Gasteiger partial charge in [-0.2, -0.15) is 0 Å². The third-order valence-corrected chi connectivity index (χ3v) is 4.20. The van der Waals surface area contributed by atoms with E-state index in [2.05, 4.69) is 62.0 Å². The molecule has 1 aliphatic heterocycles. The summed E-state index contributed by atoms with van der Waals surface area (Å²) >= 11 is 0. The van der Waals surface area contributed by atoms with Gasteiger partial charge in [0.15, 0.2) is 0 Å². The third kappa shape index (κ3) is 3.35. The summed E-state index contributed by atoms with van der Waals surface area (Å²) < 4.78 is 0. The lowest BCUT2D eigenvalue weighted by Gasteiger charge is -2.32. The second kappa shape index (κ2) is 6.04. The van der Waals surface area contributed by atoms with E-state index in [4.69, 9.17) is 5.73 Å². The number of aryl methyl sites for hydroxylation is 1. The summed E-state index contributed by atoms with van der Waals surface area (Å²) in [4.78, 5) is 4.87. The number of hydrogen-bond acceptors (Lipinski definition) is 3. The minimum atomic E-state index is 0.155. The van der Waals surface area contributed by atoms with Gasteiger partial charge in [0.05, 0.1) is 0 Å². The lowest BCUT2D eigenvalue weighted by atomic mass is 9.98. The Morgan fingerprint density at radius 2 is 2.11 bits per heavy atom. The summed E-state index contributed by atoms with van der Waals surface area (Å²) in [5.74, 6) is 0. The lowest BCUT2D eigenvalue weighted by Crippen LogP contribution is -2.40. The zero-order chi connectivity index (χ0) is 14.0. The highest BCUT2D eigenvalue weighted by molar-refractivity contribution is 5.26. The smallest absolute Gasteiger partial charge is 0.0497 e. The van der Waals surface area contributed by atoms with Crippen LogP contribution in [0.3, 0.4) is 0 Å². The highest BCUT2D eigenvalue weighted by atomic mass is 15.3. The number of likely N-dealkylation sites (tertiary alicyclic amines) is 1. The van der Waals surface area contributed by atoms with Crippen molar-refractivity contribution in [1.29, 1.82) is 0 Å². The molecule has 0 radical (unpaired) electrons. The summed E-state index contributed by atoms with van der Waals surface area (Å²) in [5.41, 5.74) is 8.93. The predicted molar refractivity (Wildman–Crippen MR) is 81.2 cm³/mol. The zero-order valence-corrected chi connectivity index (χ0v) is 12.6. The first kappa shape index (κ1) is 14.5. The Hall–Kier alpha value is -0.900. The van der Waals surface area contributed by atoms with E-state index in [1.54, 1.807) is 0 Å². The molecule has 3 atom stereocenters. The number of likely N-dealkylation sites (N-methyl/N-ethyl adjacent to an activating group) is 1. The molecule has 1 aromatic carbocycles. The van der Waals surface area contributed by atoms with Gasteiger partial charge in [-0.05, 0) is 39.9 Å². The molecule has 0 spiro atoms. The summed E-state index contributed by atoms with van der Waals surface area (Å²) in [6.07, 6.45) is 1.24. The predicted octanol–water partition coefficient (Wildman–Crippen LogP) is 2.02. The van der Waals surface area contributed by atoms with Gasteiger partial charge in [0.2, 0.25) is 0 Å². The summed E-state index contributed by atoms with van der Waals surface area (Å²) in [6.45, 7) is 6.53. The maximum absolute atomic E-state index is 6.26. The Bertz CT molecular complexity index is 414. The molecule has 0 saturated carbocycles. The number of nitrogens with zero attached hydrogens (tertiary/aromatic N) is 2. The van der Waals surface area contributed by atoms with Crippen LogP contribution in [-0.2, 0) is 0 Å². The van der Waals surface area contributed by atoms with Gasteiger partial charge in [-0.3, -0.25) is 4.90 Å². The van der Waals surface area contributed by atoms with Crippen molar-refractivity contribution in [3.05, 3.63) is 35.4 Å². The molecule has 2 rings (SSSR count). The van der Waals surface area contributed by atoms with Crippen molar-refractivity contribution in [2.75, 3.05) is 27.2 Å². The molecule has 1 aliphatic rings. The van der Waals surface area contributed by atoms with E-state index in [1.165, 1.54) is 17.5 Å². The minimum absolute atomic E-state index is 0.155. The molecular weight excluding hydrogens is 234 g/mol. The van der Waals surface area contributed by atoms with E-state index in [1.807, 2.05) is 0 Å². The molecule has 0 aliphatic carbocycles. The molecule has 1 heterocycles. The van der Waals surface area contributed by atoms with Gasteiger partial charge in [0, 0.05) is 31.2 Å². The summed E-state index contributed by atoms with van der Waals surface area (Å²) in [5, 5.41) is 0. The van der Waals surface area contributed by atoms with Crippen LogP contribution in [0, 0.1) is 6.92 Å². The zero-order valence-electron chi connectivity index (χ0n) is 12.6. The topological polar surface area (TPSA) is 32.5 Å². The van der Waals surface area contributed by atoms with Gasteiger partial charge in [-0.25, -0.2) is 0 Å². The Balaban J connectivity index is 2.18. The van der Waals surface area contributed by atoms with Crippen LogP contribution in [0.25, 0.3) is 0 Å². The van der Waals surface area contributed by atoms with E-state index in [9.17, 15) is 0 Å². The third-order valence-electron chi connectivity index (χ3n) is 4.20. The van der Waals surface area contributed by atoms with Crippen LogP contribution >= 0.6 is 0 Å². The average Bonchev–Trinajstić information content (AvgIpc) is 2.78. The van der Waals surface area contributed by atoms with Crippen molar-refractivity contribution in [2.45, 2.75) is 38.4 Å². The SMILES string of the molecule is Cc1cccc(C(C(C)N)N2CCC(N(C)C)C2)c1. The second-order valence-electron chi connectivity index (χ2n) is 6.12. The summed E-state index contributed by atoms with van der Waals surface area (Å²) in [6, 6.07) is 9.92. The maximum atomic E-state index is 6.26. The van der Waals surface area contributed by atoms with Crippen LogP contribution in [0.15, 0.2) is 24.3 Å². The molecule has 1 aromatic rings. The van der Waals surface area contributed by atoms with Crippen molar-refractivity contribution >= 4 is 0 Å². The van der Waals surface area contributed by atoms with E-state index in [0.29, 0.717) is 12.1 Å². The van der Waals surface area contributed by atoms with E-state index < -0.39 is 0 Å². The number of benzene rings is 1. The van der Waals surface area contributed by atoms with Crippen LogP contribution in [0.4, 0.5) is 0 Å². The monoisotopic (exact) mass is 261 g/mol. The van der Waals surface area contributed by atoms with Gasteiger partial charge in [0.1, 0.15) is 0 Å². The maximum Gasteiger partial charge on any atom is 0.0497 e. The molecule has 19 heavy (non-hydrogen) atoms. The number of nitrogens with two attached hydrogens (primary N) is 1. The minimum Gasteiger partial charge on any atom is -0.326 e. The molecule has 1 saturated heterocycles. The first-order valence-electron chi connectivity index (χ1n) is 7.21. The van der Waals surface area contributed by atoms with E-state index in [0.717, 1.165) is 13.1 Å². The highest BCUT2D eigenvalue weighted by Gasteiger charge is 2.31. The van der Waals surface area contributed by atoms with Crippen molar-refractivity contribution < 1.29 is 0 Å². The average molecular weight is 261 g/mol. The van der Waals surface area contributed by atoms with Crippen LogP contribution in [0.1, 0.15) is 30.5 Å². The normalized spacial score (nSPS) is 23.8. The number of rotatable bonds is 4. The van der Waals surface area contributed by atoms with Crippen LogP contribution in [0.2, 0.25) is 0 Å². The fraction of sp³-hybridized carbons (Fsp3) is 0.625. The lowest BCUT2D eigenvalue weighted by molar-refractivity contribution is 0.197. The summed E-state index contributed by atoms with van der Waals surface area (Å²) in [7, 11) is 4.34. The molecular formula is C16H27N3. The van der Waals surface area contributed by atoms with Gasteiger partial charge < -0.3 is 10.6 Å². The molecule has 3 heteroatoms. The van der Waals surface area contributed by atoms with Crippen LogP contribution < -0.4 is 5.73 Å². The van der Waals surface area contributed by atoms with Crippen molar-refractivity contribution in [3.63, 3.8) is 0 Å². The largest absolute Gasteiger partial charge is 0.326 e. The van der Waals surface area contributed by atoms with Gasteiger partial charge >= 0.3 is 0 Å². The fourth-order valence-corrected chi connectivity index (χ4v) is 3.14. The first-order valence-corrected chi connectivity index (χ1v) is 7.21. The molecule has 1 fully saturated rings. The Labute approximate surface area is 117 Å². The quantitative estimate of drug-likeness (QED) is 0.900. The Kier molecular flexibility index (Phi) is 4.61. The van der Waals surface area contributed by atoms with E-state index in [-0.39, 0.29) is 6.04 Å². The van der Waals surface area contributed by atoms with Crippen molar-refractivity contribution in [3.8, 4) is 0 Å². The van der Waals surface area contributed by atoms with Crippen LogP contribution in [-0.4, -0.2) is 49.1 Å². The molecule has 3 unspecified atom stereocenters. The molecule has 0 aromatic heterocycles. The fourth-order valence-electron chi connectivity index (χ4n) is 3.14. The molecule has 106 valence electrons. The van der Waals surface area contributed by atoms with E-state index >= 15 is 0 Å².